The van der Waals surface area contributed by atoms with Gasteiger partial charge in [-0.1, -0.05) is 6.07 Å². The van der Waals surface area contributed by atoms with Crippen molar-refractivity contribution in [3.05, 3.63) is 70.9 Å². The van der Waals surface area contributed by atoms with Crippen LogP contribution in [0.1, 0.15) is 11.4 Å². The predicted molar refractivity (Wildman–Crippen MR) is 99.2 cm³/mol. The molecule has 0 atom stereocenters. The summed E-state index contributed by atoms with van der Waals surface area (Å²) in [5, 5.41) is 19.6. The van der Waals surface area contributed by atoms with Crippen LogP contribution in [-0.4, -0.2) is 30.7 Å². The third-order valence-electron chi connectivity index (χ3n) is 3.68. The van der Waals surface area contributed by atoms with E-state index in [0.717, 1.165) is 16.8 Å². The van der Waals surface area contributed by atoms with E-state index in [0.29, 0.717) is 11.5 Å². The fourth-order valence-corrected chi connectivity index (χ4v) is 3.03. The number of aromatic nitrogens is 5. The number of hydrogen-bond acceptors (Lipinski definition) is 6. The molecule has 0 spiro atoms. The Kier molecular flexibility index (Phi) is 4.48. The van der Waals surface area contributed by atoms with E-state index in [-0.39, 0.29) is 12.5 Å². The van der Waals surface area contributed by atoms with Crippen molar-refractivity contribution in [1.82, 2.24) is 30.1 Å². The second kappa shape index (κ2) is 7.24. The lowest BCUT2D eigenvalue weighted by atomic mass is 10.2. The minimum atomic E-state index is -0.223. The summed E-state index contributed by atoms with van der Waals surface area (Å²) >= 11 is 1.61. The Hall–Kier alpha value is -3.39. The number of nitrogens with zero attached hydrogens (tertiary/aromatic N) is 5. The van der Waals surface area contributed by atoms with Crippen molar-refractivity contribution in [2.75, 3.05) is 0 Å². The number of hydrogen-bond donors (Lipinski definition) is 1. The van der Waals surface area contributed by atoms with Crippen LogP contribution in [0.25, 0.3) is 23.0 Å². The Labute approximate surface area is 153 Å². The van der Waals surface area contributed by atoms with Crippen LogP contribution in [-0.2, 0) is 11.3 Å². The Morgan fingerprint density at radius 3 is 3.00 bits per heavy atom. The van der Waals surface area contributed by atoms with Crippen molar-refractivity contribution in [2.45, 2.75) is 6.54 Å². The average molecular weight is 362 g/mol. The molecule has 0 saturated carbocycles. The van der Waals surface area contributed by atoms with Crippen LogP contribution >= 0.6 is 11.3 Å². The van der Waals surface area contributed by atoms with Crippen LogP contribution in [0.2, 0.25) is 0 Å². The lowest BCUT2D eigenvalue weighted by molar-refractivity contribution is -0.116. The zero-order valence-corrected chi connectivity index (χ0v) is 14.4. The molecule has 0 saturated heterocycles. The van der Waals surface area contributed by atoms with Gasteiger partial charge in [0.25, 0.3) is 0 Å². The number of rotatable bonds is 5. The molecule has 4 rings (SSSR count). The van der Waals surface area contributed by atoms with Gasteiger partial charge < -0.3 is 5.32 Å². The van der Waals surface area contributed by atoms with Crippen LogP contribution in [0, 0.1) is 0 Å². The van der Waals surface area contributed by atoms with Gasteiger partial charge in [0, 0.05) is 29.4 Å². The van der Waals surface area contributed by atoms with Crippen LogP contribution in [0.3, 0.4) is 0 Å². The maximum Gasteiger partial charge on any atom is 0.244 e. The lowest BCUT2D eigenvalue weighted by Gasteiger charge is -2.02. The molecule has 0 aliphatic rings. The van der Waals surface area contributed by atoms with Crippen molar-refractivity contribution in [1.29, 1.82) is 0 Å². The first kappa shape index (κ1) is 16.1. The Bertz CT molecular complexity index is 1060. The molecule has 1 N–H and O–H groups in total. The minimum absolute atomic E-state index is 0.223. The molecule has 4 aromatic heterocycles. The molecule has 26 heavy (non-hydrogen) atoms. The Morgan fingerprint density at radius 2 is 2.19 bits per heavy atom. The van der Waals surface area contributed by atoms with E-state index >= 15 is 0 Å². The average Bonchev–Trinajstić information content (AvgIpc) is 3.35. The van der Waals surface area contributed by atoms with E-state index in [2.05, 4.69) is 25.6 Å². The highest BCUT2D eigenvalue weighted by atomic mass is 32.1. The standard InChI is InChI=1S/C18H14N6OS/c25-18(6-3-13-2-1-8-19-10-13)20-11-17-22-21-16-5-4-15(23-24(16)17)14-7-9-26-12-14/h1-10,12H,11H2,(H,20,25)/b6-3+. The molecule has 0 bridgehead atoms. The number of fused-ring (bicyclic) bond motifs is 1. The van der Waals surface area contributed by atoms with Gasteiger partial charge in [-0.2, -0.15) is 21.0 Å². The third kappa shape index (κ3) is 3.50. The van der Waals surface area contributed by atoms with Gasteiger partial charge in [-0.05, 0) is 41.3 Å². The molecule has 7 nitrogen and oxygen atoms in total. The molecule has 0 radical (unpaired) electrons. The monoisotopic (exact) mass is 362 g/mol. The van der Waals surface area contributed by atoms with E-state index in [9.17, 15) is 4.79 Å². The van der Waals surface area contributed by atoms with Crippen LogP contribution in [0.4, 0.5) is 0 Å². The number of nitrogens with one attached hydrogen (secondary N) is 1. The zero-order valence-electron chi connectivity index (χ0n) is 13.6. The third-order valence-corrected chi connectivity index (χ3v) is 4.36. The van der Waals surface area contributed by atoms with Gasteiger partial charge in [-0.15, -0.1) is 10.2 Å². The highest BCUT2D eigenvalue weighted by Gasteiger charge is 2.09. The quantitative estimate of drug-likeness (QED) is 0.552. The molecule has 0 unspecified atom stereocenters. The van der Waals surface area contributed by atoms with Gasteiger partial charge >= 0.3 is 0 Å². The van der Waals surface area contributed by atoms with Crippen LogP contribution in [0.5, 0.6) is 0 Å². The molecule has 1 amide bonds. The minimum Gasteiger partial charge on any atom is -0.345 e. The largest absolute Gasteiger partial charge is 0.345 e. The maximum atomic E-state index is 12.0. The normalized spacial score (nSPS) is 11.2. The molecule has 0 aromatic carbocycles. The summed E-state index contributed by atoms with van der Waals surface area (Å²) in [5.41, 5.74) is 3.37. The molecular weight excluding hydrogens is 348 g/mol. The van der Waals surface area contributed by atoms with E-state index in [4.69, 9.17) is 0 Å². The van der Waals surface area contributed by atoms with Gasteiger partial charge in [0.15, 0.2) is 11.5 Å². The highest BCUT2D eigenvalue weighted by Crippen LogP contribution is 2.20. The first-order chi connectivity index (χ1) is 12.8. The maximum absolute atomic E-state index is 12.0. The topological polar surface area (TPSA) is 85.1 Å². The molecule has 0 aliphatic heterocycles. The van der Waals surface area contributed by atoms with Crippen LogP contribution in [0.15, 0.2) is 59.6 Å². The Morgan fingerprint density at radius 1 is 1.23 bits per heavy atom. The number of amides is 1. The molecular formula is C18H14N6OS. The predicted octanol–water partition coefficient (Wildman–Crippen LogP) is 2.58. The van der Waals surface area contributed by atoms with Gasteiger partial charge in [0.2, 0.25) is 5.91 Å². The molecule has 4 aromatic rings. The number of carbonyl (C=O) groups is 1. The van der Waals surface area contributed by atoms with E-state index < -0.39 is 0 Å². The highest BCUT2D eigenvalue weighted by molar-refractivity contribution is 7.08. The molecule has 0 aliphatic carbocycles. The van der Waals surface area contributed by atoms with Gasteiger partial charge in [0.05, 0.1) is 12.2 Å². The lowest BCUT2D eigenvalue weighted by Crippen LogP contribution is -2.22. The fraction of sp³-hybridized carbons (Fsp3) is 0.0556. The summed E-state index contributed by atoms with van der Waals surface area (Å²) in [7, 11) is 0. The van der Waals surface area contributed by atoms with Gasteiger partial charge in [-0.25, -0.2) is 0 Å². The van der Waals surface area contributed by atoms with Crippen molar-refractivity contribution in [3.8, 4) is 11.3 Å². The summed E-state index contributed by atoms with van der Waals surface area (Å²) in [6.07, 6.45) is 6.54. The second-order valence-corrected chi connectivity index (χ2v) is 6.23. The fourth-order valence-electron chi connectivity index (χ4n) is 2.38. The van der Waals surface area contributed by atoms with Gasteiger partial charge in [-0.3, -0.25) is 9.78 Å². The smallest absolute Gasteiger partial charge is 0.244 e. The zero-order chi connectivity index (χ0) is 17.8. The van der Waals surface area contributed by atoms with E-state index in [1.807, 2.05) is 41.1 Å². The van der Waals surface area contributed by atoms with E-state index in [1.165, 1.54) is 6.08 Å². The molecule has 4 heterocycles. The molecule has 128 valence electrons. The van der Waals surface area contributed by atoms with Crippen molar-refractivity contribution in [3.63, 3.8) is 0 Å². The SMILES string of the molecule is O=C(/C=C/c1cccnc1)NCc1nnc2ccc(-c3ccsc3)nn12. The van der Waals surface area contributed by atoms with Crippen molar-refractivity contribution >= 4 is 29.0 Å². The number of pyridine rings is 1. The van der Waals surface area contributed by atoms with Crippen molar-refractivity contribution in [2.24, 2.45) is 0 Å². The van der Waals surface area contributed by atoms with E-state index in [1.54, 1.807) is 34.3 Å². The summed E-state index contributed by atoms with van der Waals surface area (Å²) in [5.74, 6) is 0.347. The number of carbonyl (C=O) groups excluding carboxylic acids is 1. The van der Waals surface area contributed by atoms with Crippen LogP contribution < -0.4 is 5.32 Å². The molecule has 0 fully saturated rings. The summed E-state index contributed by atoms with van der Waals surface area (Å²) in [4.78, 5) is 16.0. The second-order valence-electron chi connectivity index (χ2n) is 5.45. The summed E-state index contributed by atoms with van der Waals surface area (Å²) < 4.78 is 1.65. The first-order valence-corrected chi connectivity index (χ1v) is 8.84. The molecule has 8 heteroatoms. The number of thiophene rings is 1. The Balaban J connectivity index is 1.48. The first-order valence-electron chi connectivity index (χ1n) is 7.89. The summed E-state index contributed by atoms with van der Waals surface area (Å²) in [6, 6.07) is 9.47. The van der Waals surface area contributed by atoms with Crippen molar-refractivity contribution < 1.29 is 4.79 Å². The van der Waals surface area contributed by atoms with Gasteiger partial charge in [0.1, 0.15) is 0 Å². The summed E-state index contributed by atoms with van der Waals surface area (Å²) in [6.45, 7) is 0.234.